The van der Waals surface area contributed by atoms with Gasteiger partial charge in [0.25, 0.3) is 0 Å². The summed E-state index contributed by atoms with van der Waals surface area (Å²) in [6.45, 7) is 2.44. The first-order chi connectivity index (χ1) is 13.6. The normalized spacial score (nSPS) is 17.6. The highest BCUT2D eigenvalue weighted by Crippen LogP contribution is 2.29. The van der Waals surface area contributed by atoms with Gasteiger partial charge in [-0.15, -0.1) is 0 Å². The topological polar surface area (TPSA) is 47.4 Å². The molecule has 2 aromatic rings. The number of fused-ring (bicyclic) bond motifs is 1. The molecule has 1 saturated carbocycles. The van der Waals surface area contributed by atoms with Crippen LogP contribution < -0.4 is 0 Å². The summed E-state index contributed by atoms with van der Waals surface area (Å²) in [5.41, 5.74) is 4.45. The third-order valence-electron chi connectivity index (χ3n) is 6.01. The molecule has 0 N–H and O–H groups in total. The zero-order valence-corrected chi connectivity index (χ0v) is 17.2. The molecule has 0 atom stereocenters. The van der Waals surface area contributed by atoms with E-state index in [9.17, 15) is 4.79 Å². The van der Waals surface area contributed by atoms with Gasteiger partial charge >= 0.3 is 0 Å². The summed E-state index contributed by atoms with van der Waals surface area (Å²) in [4.78, 5) is 15.0. The molecule has 0 unspecified atom stereocenters. The van der Waals surface area contributed by atoms with E-state index in [1.807, 2.05) is 40.9 Å². The summed E-state index contributed by atoms with van der Waals surface area (Å²) in [7, 11) is 1.99. The van der Waals surface area contributed by atoms with Gasteiger partial charge in [0.1, 0.15) is 0 Å². The average Bonchev–Trinajstić information content (AvgIpc) is 3.04. The molecule has 150 valence electrons. The highest BCUT2D eigenvalue weighted by Gasteiger charge is 2.31. The molecule has 2 aliphatic rings. The molecule has 6 heteroatoms. The van der Waals surface area contributed by atoms with Crippen LogP contribution >= 0.6 is 11.6 Å². The molecule has 1 fully saturated rings. The highest BCUT2D eigenvalue weighted by atomic mass is 35.5. The van der Waals surface area contributed by atoms with E-state index in [2.05, 4.69) is 5.10 Å². The molecule has 1 aliphatic heterocycles. The SMILES string of the molecule is Cn1nc(COCc2ccc(Cl)cc2)c2c1CCN(C(=O)C1CCCCC1)C2. The van der Waals surface area contributed by atoms with Crippen molar-refractivity contribution in [2.24, 2.45) is 13.0 Å². The van der Waals surface area contributed by atoms with Crippen LogP contribution in [0.3, 0.4) is 0 Å². The van der Waals surface area contributed by atoms with E-state index in [0.29, 0.717) is 25.7 Å². The predicted octanol–water partition coefficient (Wildman–Crippen LogP) is 4.26. The number of carbonyl (C=O) groups excluding carboxylic acids is 1. The Kier molecular flexibility index (Phi) is 6.02. The van der Waals surface area contributed by atoms with Gasteiger partial charge in [-0.25, -0.2) is 0 Å². The summed E-state index contributed by atoms with van der Waals surface area (Å²) in [5.74, 6) is 0.554. The molecule has 1 amide bonds. The molecule has 2 heterocycles. The molecule has 5 nitrogen and oxygen atoms in total. The number of aromatic nitrogens is 2. The number of amides is 1. The lowest BCUT2D eigenvalue weighted by atomic mass is 9.87. The standard InChI is InChI=1S/C22H28ClN3O2/c1-25-21-11-12-26(22(27)17-5-3-2-4-6-17)13-19(21)20(24-25)15-28-14-16-7-9-18(23)10-8-16/h7-10,17H,2-6,11-15H2,1H3. The second-order valence-corrected chi connectivity index (χ2v) is 8.40. The zero-order chi connectivity index (χ0) is 19.5. The molecular weight excluding hydrogens is 374 g/mol. The molecule has 28 heavy (non-hydrogen) atoms. The Hall–Kier alpha value is -1.85. The Morgan fingerprint density at radius 3 is 2.68 bits per heavy atom. The largest absolute Gasteiger partial charge is 0.370 e. The molecule has 0 saturated heterocycles. The van der Waals surface area contributed by atoms with Gasteiger partial charge in [-0.05, 0) is 30.5 Å². The van der Waals surface area contributed by atoms with Crippen LogP contribution in [-0.4, -0.2) is 27.1 Å². The minimum atomic E-state index is 0.219. The molecule has 1 aromatic heterocycles. The van der Waals surface area contributed by atoms with E-state index in [-0.39, 0.29) is 5.92 Å². The van der Waals surface area contributed by atoms with Gasteiger partial charge in [-0.1, -0.05) is 43.0 Å². The van der Waals surface area contributed by atoms with Crippen molar-refractivity contribution in [1.29, 1.82) is 0 Å². The first-order valence-corrected chi connectivity index (χ1v) is 10.6. The van der Waals surface area contributed by atoms with Gasteiger partial charge in [0.2, 0.25) is 5.91 Å². The number of halogens is 1. The second kappa shape index (κ2) is 8.66. The Balaban J connectivity index is 1.40. The summed E-state index contributed by atoms with van der Waals surface area (Å²) in [5, 5.41) is 5.40. The number of ether oxygens (including phenoxy) is 1. The van der Waals surface area contributed by atoms with Gasteiger partial charge in [0.15, 0.2) is 0 Å². The van der Waals surface area contributed by atoms with Crippen molar-refractivity contribution < 1.29 is 9.53 Å². The fraction of sp³-hybridized carbons (Fsp3) is 0.545. The van der Waals surface area contributed by atoms with E-state index in [1.165, 1.54) is 30.5 Å². The zero-order valence-electron chi connectivity index (χ0n) is 16.5. The first-order valence-electron chi connectivity index (χ1n) is 10.3. The molecule has 1 aromatic carbocycles. The summed E-state index contributed by atoms with van der Waals surface area (Å²) in [6, 6.07) is 7.69. The summed E-state index contributed by atoms with van der Waals surface area (Å²) < 4.78 is 7.87. The number of hydrogen-bond donors (Lipinski definition) is 0. The lowest BCUT2D eigenvalue weighted by Gasteiger charge is -2.32. The summed E-state index contributed by atoms with van der Waals surface area (Å²) >= 11 is 5.93. The maximum atomic E-state index is 13.0. The van der Waals surface area contributed by atoms with Crippen LogP contribution in [0.15, 0.2) is 24.3 Å². The van der Waals surface area contributed by atoms with Gasteiger partial charge < -0.3 is 9.64 Å². The number of carbonyl (C=O) groups is 1. The monoisotopic (exact) mass is 401 g/mol. The molecule has 4 rings (SSSR count). The third-order valence-corrected chi connectivity index (χ3v) is 6.26. The quantitative estimate of drug-likeness (QED) is 0.752. The fourth-order valence-electron chi connectivity index (χ4n) is 4.43. The minimum Gasteiger partial charge on any atom is -0.370 e. The Morgan fingerprint density at radius 1 is 1.18 bits per heavy atom. The molecular formula is C22H28ClN3O2. The van der Waals surface area contributed by atoms with Crippen LogP contribution in [0, 0.1) is 5.92 Å². The smallest absolute Gasteiger partial charge is 0.225 e. The van der Waals surface area contributed by atoms with Crippen molar-refractivity contribution in [2.45, 2.75) is 58.3 Å². The van der Waals surface area contributed by atoms with Crippen LogP contribution in [-0.2, 0) is 42.8 Å². The van der Waals surface area contributed by atoms with Crippen molar-refractivity contribution in [3.63, 3.8) is 0 Å². The van der Waals surface area contributed by atoms with Crippen LogP contribution in [0.25, 0.3) is 0 Å². The lowest BCUT2D eigenvalue weighted by Crippen LogP contribution is -2.40. The van der Waals surface area contributed by atoms with Gasteiger partial charge in [0, 0.05) is 48.8 Å². The van der Waals surface area contributed by atoms with Crippen molar-refractivity contribution >= 4 is 17.5 Å². The molecule has 0 bridgehead atoms. The Bertz CT molecular complexity index is 825. The minimum absolute atomic E-state index is 0.219. The maximum absolute atomic E-state index is 13.0. The second-order valence-electron chi connectivity index (χ2n) is 7.96. The average molecular weight is 402 g/mol. The van der Waals surface area contributed by atoms with Crippen LogP contribution in [0.1, 0.15) is 54.6 Å². The van der Waals surface area contributed by atoms with Gasteiger partial charge in [-0.2, -0.15) is 5.10 Å². The fourth-order valence-corrected chi connectivity index (χ4v) is 4.55. The van der Waals surface area contributed by atoms with Crippen molar-refractivity contribution in [3.8, 4) is 0 Å². The Labute approximate surface area is 171 Å². The van der Waals surface area contributed by atoms with E-state index in [0.717, 1.165) is 42.1 Å². The number of nitrogens with zero attached hydrogens (tertiary/aromatic N) is 3. The first kappa shape index (κ1) is 19.5. The van der Waals surface area contributed by atoms with E-state index in [1.54, 1.807) is 0 Å². The molecule has 0 radical (unpaired) electrons. The van der Waals surface area contributed by atoms with E-state index < -0.39 is 0 Å². The van der Waals surface area contributed by atoms with Crippen molar-refractivity contribution in [1.82, 2.24) is 14.7 Å². The maximum Gasteiger partial charge on any atom is 0.225 e. The van der Waals surface area contributed by atoms with E-state index >= 15 is 0 Å². The van der Waals surface area contributed by atoms with Gasteiger partial charge in [0.05, 0.1) is 18.9 Å². The van der Waals surface area contributed by atoms with E-state index in [4.69, 9.17) is 16.3 Å². The lowest BCUT2D eigenvalue weighted by molar-refractivity contribution is -0.137. The number of rotatable bonds is 5. The number of aryl methyl sites for hydroxylation is 1. The van der Waals surface area contributed by atoms with Crippen molar-refractivity contribution in [2.75, 3.05) is 6.54 Å². The third kappa shape index (κ3) is 4.26. The van der Waals surface area contributed by atoms with Crippen LogP contribution in [0.4, 0.5) is 0 Å². The van der Waals surface area contributed by atoms with Gasteiger partial charge in [-0.3, -0.25) is 9.48 Å². The Morgan fingerprint density at radius 2 is 1.93 bits per heavy atom. The predicted molar refractivity (Wildman–Crippen MR) is 109 cm³/mol. The van der Waals surface area contributed by atoms with Crippen molar-refractivity contribution in [3.05, 3.63) is 51.8 Å². The van der Waals surface area contributed by atoms with Crippen LogP contribution in [0.5, 0.6) is 0 Å². The molecule has 0 spiro atoms. The number of hydrogen-bond acceptors (Lipinski definition) is 3. The highest BCUT2D eigenvalue weighted by molar-refractivity contribution is 6.30. The molecule has 1 aliphatic carbocycles. The number of benzene rings is 1. The summed E-state index contributed by atoms with van der Waals surface area (Å²) in [6.07, 6.45) is 6.61. The van der Waals surface area contributed by atoms with Crippen LogP contribution in [0.2, 0.25) is 5.02 Å².